The smallest absolute Gasteiger partial charge is 0.161 e. The highest BCUT2D eigenvalue weighted by atomic mass is 16.5. The molecular weight excluding hydrogens is 472 g/mol. The van der Waals surface area contributed by atoms with Crippen LogP contribution in [0.2, 0.25) is 0 Å². The highest BCUT2D eigenvalue weighted by Crippen LogP contribution is 2.34. The van der Waals surface area contributed by atoms with Crippen molar-refractivity contribution < 1.29 is 14.6 Å². The summed E-state index contributed by atoms with van der Waals surface area (Å²) in [5, 5.41) is 9.27. The number of likely N-dealkylation sites (tertiary alicyclic amines) is 1. The zero-order valence-electron chi connectivity index (χ0n) is 24.4. The van der Waals surface area contributed by atoms with Gasteiger partial charge in [0.2, 0.25) is 0 Å². The second kappa shape index (κ2) is 15.1. The van der Waals surface area contributed by atoms with Crippen molar-refractivity contribution in [2.45, 2.75) is 66.2 Å². The average Bonchev–Trinajstić information content (AvgIpc) is 2.91. The minimum absolute atomic E-state index is 0.238. The summed E-state index contributed by atoms with van der Waals surface area (Å²) in [7, 11) is 3.34. The third-order valence-corrected chi connectivity index (χ3v) is 8.17. The number of aliphatic hydroxyl groups excluding tert-OH is 1. The molecule has 1 N–H and O–H groups in total. The van der Waals surface area contributed by atoms with Gasteiger partial charge >= 0.3 is 0 Å². The zero-order chi connectivity index (χ0) is 27.5. The van der Waals surface area contributed by atoms with Gasteiger partial charge in [0, 0.05) is 17.8 Å². The van der Waals surface area contributed by atoms with E-state index in [4.69, 9.17) is 14.5 Å². The van der Waals surface area contributed by atoms with Crippen LogP contribution in [0.3, 0.4) is 0 Å². The predicted octanol–water partition coefficient (Wildman–Crippen LogP) is 7.24. The number of nitrogens with zero attached hydrogens (tertiary/aromatic N) is 2. The number of aliphatic hydroxyl groups is 1. The lowest BCUT2D eigenvalue weighted by molar-refractivity contribution is 0.157. The summed E-state index contributed by atoms with van der Waals surface area (Å²) in [4.78, 5) is 7.67. The normalized spacial score (nSPS) is 19.0. The first-order valence-corrected chi connectivity index (χ1v) is 14.3. The Kier molecular flexibility index (Phi) is 11.9. The Morgan fingerprint density at radius 1 is 1.13 bits per heavy atom. The van der Waals surface area contributed by atoms with Gasteiger partial charge < -0.3 is 19.5 Å². The molecular formula is C33H48N2O3. The molecule has 0 bridgehead atoms. The maximum absolute atomic E-state index is 9.27. The van der Waals surface area contributed by atoms with Crippen LogP contribution >= 0.6 is 0 Å². The molecule has 38 heavy (non-hydrogen) atoms. The Morgan fingerprint density at radius 2 is 1.84 bits per heavy atom. The summed E-state index contributed by atoms with van der Waals surface area (Å²) in [6.07, 6.45) is 16.0. The third-order valence-electron chi connectivity index (χ3n) is 8.17. The summed E-state index contributed by atoms with van der Waals surface area (Å²) in [5.74, 6) is 2.31. The molecule has 0 spiro atoms. The van der Waals surface area contributed by atoms with Gasteiger partial charge in [-0.25, -0.2) is 0 Å². The Bertz CT molecular complexity index is 1070. The highest BCUT2D eigenvalue weighted by Gasteiger charge is 2.21. The number of ether oxygens (including phenoxy) is 2. The molecule has 1 aliphatic carbocycles. The van der Waals surface area contributed by atoms with Gasteiger partial charge in [0.15, 0.2) is 11.5 Å². The lowest BCUT2D eigenvalue weighted by atomic mass is 9.87. The van der Waals surface area contributed by atoms with Crippen LogP contribution in [0.4, 0.5) is 0 Å². The minimum atomic E-state index is 0.238. The lowest BCUT2D eigenvalue weighted by Gasteiger charge is -2.32. The molecule has 2 aliphatic rings. The van der Waals surface area contributed by atoms with Crippen LogP contribution in [-0.2, 0) is 0 Å². The van der Waals surface area contributed by atoms with E-state index in [0.717, 1.165) is 61.6 Å². The fraction of sp³-hybridized carbons (Fsp3) is 0.545. The van der Waals surface area contributed by atoms with Gasteiger partial charge in [-0.2, -0.15) is 0 Å². The average molecular weight is 521 g/mol. The van der Waals surface area contributed by atoms with E-state index in [2.05, 4.69) is 63.0 Å². The molecule has 0 amide bonds. The molecule has 1 saturated carbocycles. The molecule has 1 aromatic carbocycles. The molecule has 1 unspecified atom stereocenters. The van der Waals surface area contributed by atoms with Crippen LogP contribution in [0, 0.1) is 11.8 Å². The van der Waals surface area contributed by atoms with E-state index in [9.17, 15) is 5.11 Å². The molecule has 5 heteroatoms. The molecule has 1 aliphatic heterocycles. The molecule has 0 radical (unpaired) electrons. The van der Waals surface area contributed by atoms with Crippen LogP contribution < -0.4 is 9.47 Å². The van der Waals surface area contributed by atoms with Gasteiger partial charge in [-0.05, 0) is 119 Å². The van der Waals surface area contributed by atoms with Gasteiger partial charge in [0.1, 0.15) is 0 Å². The first kappa shape index (κ1) is 29.9. The van der Waals surface area contributed by atoms with Gasteiger partial charge in [0.25, 0.3) is 0 Å². The Hall–Kier alpha value is -2.63. The number of aliphatic imine (C=N–C) groups is 1. The van der Waals surface area contributed by atoms with Crippen LogP contribution in [-0.4, -0.2) is 56.2 Å². The molecule has 0 aromatic heterocycles. The van der Waals surface area contributed by atoms with Crippen LogP contribution in [0.5, 0.6) is 11.5 Å². The summed E-state index contributed by atoms with van der Waals surface area (Å²) in [6, 6.07) is 6.07. The molecule has 5 nitrogen and oxygen atoms in total. The lowest BCUT2D eigenvalue weighted by Crippen LogP contribution is -2.35. The zero-order valence-corrected chi connectivity index (χ0v) is 24.4. The van der Waals surface area contributed by atoms with Gasteiger partial charge in [-0.15, -0.1) is 0 Å². The quantitative estimate of drug-likeness (QED) is 0.233. The highest BCUT2D eigenvalue weighted by molar-refractivity contribution is 6.00. The number of hydrogen-bond acceptors (Lipinski definition) is 5. The van der Waals surface area contributed by atoms with E-state index >= 15 is 0 Å². The van der Waals surface area contributed by atoms with Crippen molar-refractivity contribution in [1.82, 2.24) is 4.90 Å². The van der Waals surface area contributed by atoms with E-state index < -0.39 is 0 Å². The molecule has 3 rings (SSSR count). The first-order valence-electron chi connectivity index (χ1n) is 14.3. The van der Waals surface area contributed by atoms with E-state index in [1.807, 2.05) is 12.1 Å². The number of methoxy groups -OCH3 is 2. The van der Waals surface area contributed by atoms with Crippen molar-refractivity contribution in [1.29, 1.82) is 0 Å². The fourth-order valence-electron chi connectivity index (χ4n) is 5.17. The van der Waals surface area contributed by atoms with Crippen molar-refractivity contribution in [2.24, 2.45) is 16.8 Å². The molecule has 208 valence electrons. The Balaban J connectivity index is 1.96. The molecule has 1 saturated heterocycles. The summed E-state index contributed by atoms with van der Waals surface area (Å²) in [5.41, 5.74) is 7.32. The van der Waals surface area contributed by atoms with Crippen molar-refractivity contribution in [3.05, 3.63) is 64.8 Å². The second-order valence-electron chi connectivity index (χ2n) is 10.5. The maximum atomic E-state index is 9.27. The number of β-amino-alcohol motifs (C(OH)–C–C–N with tert-alkyl or cyclic N) is 1. The topological polar surface area (TPSA) is 54.3 Å². The number of hydrogen-bond donors (Lipinski definition) is 1. The van der Waals surface area contributed by atoms with E-state index in [0.29, 0.717) is 17.6 Å². The Labute approximate surface area is 230 Å². The van der Waals surface area contributed by atoms with Crippen molar-refractivity contribution in [3.63, 3.8) is 0 Å². The number of rotatable bonds is 12. The van der Waals surface area contributed by atoms with E-state index in [1.165, 1.54) is 36.0 Å². The number of piperidine rings is 1. The monoisotopic (exact) mass is 520 g/mol. The van der Waals surface area contributed by atoms with Crippen LogP contribution in [0.15, 0.2) is 64.2 Å². The minimum Gasteiger partial charge on any atom is -0.493 e. The number of allylic oxidation sites excluding steroid dienone is 7. The van der Waals surface area contributed by atoms with Crippen LogP contribution in [0.25, 0.3) is 5.70 Å². The summed E-state index contributed by atoms with van der Waals surface area (Å²) >= 11 is 0. The van der Waals surface area contributed by atoms with Gasteiger partial charge in [-0.1, -0.05) is 31.6 Å². The molecule has 1 aromatic rings. The standard InChI is InChI=1S/C33H48N2O3/c1-7-24(3)30(14-12-26(8-2)28-16-18-35(19-17-28)20-21-36)34-31(22-25(4)27-10-9-11-27)29-13-15-32(37-5)33(23-29)38-6/h8,12-15,22-24,28,36H,7,9-11,16-21H2,1-6H3/b14-12-,26-8+,31-22-,34-30-. The SMILES string of the molecule is C\C=C(/C=C\C(=N\C(=C/C(C)=C1CCC1)c1ccc(OC)c(OC)c1)C(C)CC)C1CCN(CCO)CC1. The van der Waals surface area contributed by atoms with Crippen molar-refractivity contribution in [3.8, 4) is 11.5 Å². The first-order chi connectivity index (χ1) is 18.4. The summed E-state index contributed by atoms with van der Waals surface area (Å²) < 4.78 is 11.1. The summed E-state index contributed by atoms with van der Waals surface area (Å²) in [6.45, 7) is 11.9. The second-order valence-corrected chi connectivity index (χ2v) is 10.5. The van der Waals surface area contributed by atoms with Gasteiger partial charge in [-0.3, -0.25) is 4.99 Å². The Morgan fingerprint density at radius 3 is 2.39 bits per heavy atom. The maximum Gasteiger partial charge on any atom is 0.161 e. The largest absolute Gasteiger partial charge is 0.493 e. The number of benzene rings is 1. The van der Waals surface area contributed by atoms with Crippen LogP contribution in [0.1, 0.15) is 71.8 Å². The van der Waals surface area contributed by atoms with E-state index in [-0.39, 0.29) is 6.61 Å². The van der Waals surface area contributed by atoms with Crippen molar-refractivity contribution >= 4 is 11.4 Å². The molecule has 1 atom stereocenters. The van der Waals surface area contributed by atoms with Gasteiger partial charge in [0.05, 0.1) is 26.5 Å². The molecule has 1 heterocycles. The van der Waals surface area contributed by atoms with Crippen molar-refractivity contribution in [2.75, 3.05) is 40.5 Å². The molecule has 2 fully saturated rings. The third kappa shape index (κ3) is 7.94. The fourth-order valence-corrected chi connectivity index (χ4v) is 5.17. The predicted molar refractivity (Wildman–Crippen MR) is 160 cm³/mol. The van der Waals surface area contributed by atoms with E-state index in [1.54, 1.807) is 14.2 Å².